The van der Waals surface area contributed by atoms with Crippen molar-refractivity contribution in [3.63, 3.8) is 0 Å². The maximum absolute atomic E-state index is 6.85. The third kappa shape index (κ3) is 3.67. The summed E-state index contributed by atoms with van der Waals surface area (Å²) in [5.74, 6) is 2.45. The minimum Gasteiger partial charge on any atom is -0.457 e. The zero-order valence-electron chi connectivity index (χ0n) is 26.2. The molecule has 3 nitrogen and oxygen atoms in total. The number of benzene rings is 7. The van der Waals surface area contributed by atoms with Gasteiger partial charge in [-0.1, -0.05) is 133 Å². The van der Waals surface area contributed by atoms with Gasteiger partial charge >= 0.3 is 0 Å². The number of hydrogen-bond acceptors (Lipinski definition) is 4. The molecule has 7 aromatic carbocycles. The molecule has 0 bridgehead atoms. The van der Waals surface area contributed by atoms with E-state index >= 15 is 0 Å². The molecule has 0 amide bonds. The topological polar surface area (TPSA) is 35.0 Å². The van der Waals surface area contributed by atoms with Crippen LogP contribution in [0.25, 0.3) is 64.8 Å². The van der Waals surface area contributed by atoms with Crippen molar-refractivity contribution in [2.45, 2.75) is 5.41 Å². The summed E-state index contributed by atoms with van der Waals surface area (Å²) in [4.78, 5) is 10.6. The van der Waals surface area contributed by atoms with Gasteiger partial charge in [-0.2, -0.15) is 0 Å². The van der Waals surface area contributed by atoms with Gasteiger partial charge in [0.15, 0.2) is 5.82 Å². The van der Waals surface area contributed by atoms with Gasteiger partial charge in [-0.15, -0.1) is 11.3 Å². The molecular formula is C45H26N2OS. The van der Waals surface area contributed by atoms with Crippen molar-refractivity contribution >= 4 is 42.4 Å². The van der Waals surface area contributed by atoms with Gasteiger partial charge in [-0.3, -0.25) is 0 Å². The molecule has 3 heterocycles. The lowest BCUT2D eigenvalue weighted by atomic mass is 9.66. The van der Waals surface area contributed by atoms with Crippen molar-refractivity contribution in [3.05, 3.63) is 180 Å². The van der Waals surface area contributed by atoms with Gasteiger partial charge in [0.25, 0.3) is 0 Å². The highest BCUT2D eigenvalue weighted by molar-refractivity contribution is 7.26. The first-order valence-electron chi connectivity index (χ1n) is 16.6. The van der Waals surface area contributed by atoms with Crippen LogP contribution >= 0.6 is 11.3 Å². The van der Waals surface area contributed by atoms with Crippen molar-refractivity contribution in [2.24, 2.45) is 0 Å². The Morgan fingerprint density at radius 2 is 1.14 bits per heavy atom. The Morgan fingerprint density at radius 1 is 0.490 bits per heavy atom. The molecule has 11 rings (SSSR count). The molecule has 0 saturated carbocycles. The van der Waals surface area contributed by atoms with Gasteiger partial charge in [0.05, 0.1) is 21.3 Å². The van der Waals surface area contributed by atoms with Gasteiger partial charge in [0.1, 0.15) is 11.5 Å². The molecule has 0 atom stereocenters. The molecular weight excluding hydrogens is 617 g/mol. The van der Waals surface area contributed by atoms with Crippen LogP contribution in [-0.2, 0) is 5.41 Å². The molecule has 2 aliphatic rings. The molecule has 2 aromatic heterocycles. The molecule has 49 heavy (non-hydrogen) atoms. The normalized spacial score (nSPS) is 13.6. The van der Waals surface area contributed by atoms with Crippen molar-refractivity contribution in [1.29, 1.82) is 0 Å². The number of thiophene rings is 1. The second-order valence-corrected chi connectivity index (χ2v) is 13.9. The summed E-state index contributed by atoms with van der Waals surface area (Å²) < 4.78 is 9.13. The van der Waals surface area contributed by atoms with Crippen LogP contribution < -0.4 is 4.74 Å². The largest absolute Gasteiger partial charge is 0.457 e. The summed E-state index contributed by atoms with van der Waals surface area (Å²) >= 11 is 1.75. The van der Waals surface area contributed by atoms with Gasteiger partial charge in [-0.25, -0.2) is 9.97 Å². The van der Waals surface area contributed by atoms with Crippen LogP contribution in [-0.4, -0.2) is 9.97 Å². The van der Waals surface area contributed by atoms with E-state index in [1.54, 1.807) is 11.3 Å². The molecule has 1 aliphatic carbocycles. The first-order chi connectivity index (χ1) is 24.3. The molecule has 0 N–H and O–H groups in total. The van der Waals surface area contributed by atoms with E-state index in [1.807, 2.05) is 0 Å². The number of para-hydroxylation sites is 1. The number of rotatable bonds is 2. The Kier molecular flexibility index (Phi) is 5.47. The van der Waals surface area contributed by atoms with E-state index in [4.69, 9.17) is 14.7 Å². The van der Waals surface area contributed by atoms with E-state index in [1.165, 1.54) is 43.3 Å². The lowest BCUT2D eigenvalue weighted by Gasteiger charge is -2.39. The first-order valence-corrected chi connectivity index (χ1v) is 17.4. The molecule has 9 aromatic rings. The summed E-state index contributed by atoms with van der Waals surface area (Å²) in [7, 11) is 0. The highest BCUT2D eigenvalue weighted by atomic mass is 32.1. The maximum Gasteiger partial charge on any atom is 0.160 e. The Hall–Kier alpha value is -6.10. The quantitative estimate of drug-likeness (QED) is 0.188. The van der Waals surface area contributed by atoms with Crippen LogP contribution in [0, 0.1) is 0 Å². The van der Waals surface area contributed by atoms with Gasteiger partial charge in [0.2, 0.25) is 0 Å². The van der Waals surface area contributed by atoms with Crippen LogP contribution in [0.4, 0.5) is 0 Å². The van der Waals surface area contributed by atoms with E-state index in [9.17, 15) is 0 Å². The summed E-state index contributed by atoms with van der Waals surface area (Å²) in [5.41, 5.74) is 10.8. The summed E-state index contributed by atoms with van der Waals surface area (Å²) in [6.07, 6.45) is 0. The standard InChI is InChI=1S/C45H26N2OS/c1-2-12-28-25-30(22-21-27(28)11-1)44-46-41(43-42(47-44)33-15-5-10-20-40(33)49-43)29-23-24-37-39(26-29)48-38-19-9-8-18-36(38)45(37)34-16-6-3-13-31(34)32-14-4-7-17-35(32)45/h1-26H. The predicted molar refractivity (Wildman–Crippen MR) is 201 cm³/mol. The molecule has 228 valence electrons. The van der Waals surface area contributed by atoms with Crippen LogP contribution in [0.5, 0.6) is 11.5 Å². The predicted octanol–water partition coefficient (Wildman–Crippen LogP) is 11.8. The highest BCUT2D eigenvalue weighted by Gasteiger charge is 2.50. The molecule has 1 spiro atoms. The van der Waals surface area contributed by atoms with Crippen LogP contribution in [0.15, 0.2) is 158 Å². The number of aromatic nitrogens is 2. The zero-order chi connectivity index (χ0) is 32.1. The van der Waals surface area contributed by atoms with E-state index in [0.717, 1.165) is 55.3 Å². The van der Waals surface area contributed by atoms with Gasteiger partial charge < -0.3 is 4.74 Å². The van der Waals surface area contributed by atoms with Crippen LogP contribution in [0.2, 0.25) is 0 Å². The summed E-state index contributed by atoms with van der Waals surface area (Å²) in [6, 6.07) is 56.4. The SMILES string of the molecule is c1ccc2c(c1)Oc1cc(-c3nc(-c4ccc5ccccc5c4)nc4c3sc3ccccc34)ccc1C21c2ccccc2-c2ccccc21. The molecule has 4 heteroatoms. The van der Waals surface area contributed by atoms with Crippen LogP contribution in [0.1, 0.15) is 22.3 Å². The number of hydrogen-bond donors (Lipinski definition) is 0. The number of nitrogens with zero attached hydrogens (tertiary/aromatic N) is 2. The molecule has 0 fully saturated rings. The van der Waals surface area contributed by atoms with Crippen LogP contribution in [0.3, 0.4) is 0 Å². The fourth-order valence-electron chi connectivity index (χ4n) is 8.25. The molecule has 1 aliphatic heterocycles. The van der Waals surface area contributed by atoms with Crippen molar-refractivity contribution in [3.8, 4) is 45.3 Å². The summed E-state index contributed by atoms with van der Waals surface area (Å²) in [5, 5.41) is 3.52. The van der Waals surface area contributed by atoms with E-state index in [0.29, 0.717) is 0 Å². The summed E-state index contributed by atoms with van der Waals surface area (Å²) in [6.45, 7) is 0. The second-order valence-electron chi connectivity index (χ2n) is 12.9. The van der Waals surface area contributed by atoms with Gasteiger partial charge in [0, 0.05) is 32.3 Å². The third-order valence-corrected chi connectivity index (χ3v) is 11.5. The van der Waals surface area contributed by atoms with Gasteiger partial charge in [-0.05, 0) is 57.3 Å². The first kappa shape index (κ1) is 26.9. The Labute approximate surface area is 286 Å². The minimum absolute atomic E-state index is 0.495. The highest BCUT2D eigenvalue weighted by Crippen LogP contribution is 2.62. The minimum atomic E-state index is -0.495. The monoisotopic (exact) mass is 642 g/mol. The average molecular weight is 643 g/mol. The molecule has 0 unspecified atom stereocenters. The average Bonchev–Trinajstić information content (AvgIpc) is 3.68. The fourth-order valence-corrected chi connectivity index (χ4v) is 9.41. The van der Waals surface area contributed by atoms with E-state index in [-0.39, 0.29) is 0 Å². The maximum atomic E-state index is 6.85. The fraction of sp³-hybridized carbons (Fsp3) is 0.0222. The van der Waals surface area contributed by atoms with Crippen molar-refractivity contribution < 1.29 is 4.74 Å². The Bertz CT molecular complexity index is 2790. The van der Waals surface area contributed by atoms with E-state index < -0.39 is 5.41 Å². The smallest absolute Gasteiger partial charge is 0.160 e. The van der Waals surface area contributed by atoms with E-state index in [2.05, 4.69) is 158 Å². The Balaban J connectivity index is 1.18. The lowest BCUT2D eigenvalue weighted by molar-refractivity contribution is 0.436. The van der Waals surface area contributed by atoms with Crippen molar-refractivity contribution in [2.75, 3.05) is 0 Å². The van der Waals surface area contributed by atoms with Crippen molar-refractivity contribution in [1.82, 2.24) is 9.97 Å². The third-order valence-electron chi connectivity index (χ3n) is 10.3. The second kappa shape index (κ2) is 9.96. The number of fused-ring (bicyclic) bond motifs is 13. The lowest BCUT2D eigenvalue weighted by Crippen LogP contribution is -2.32. The zero-order valence-corrected chi connectivity index (χ0v) is 27.0. The molecule has 0 saturated heterocycles. The Morgan fingerprint density at radius 3 is 1.98 bits per heavy atom. The molecule has 0 radical (unpaired) electrons. The number of ether oxygens (including phenoxy) is 1.